The lowest BCUT2D eigenvalue weighted by Crippen LogP contribution is -2.22. The number of rotatable bonds is 5. The Morgan fingerprint density at radius 1 is 1.47 bits per heavy atom. The van der Waals surface area contributed by atoms with Crippen LogP contribution in [0.4, 0.5) is 4.39 Å². The minimum absolute atomic E-state index is 0.00651. The van der Waals surface area contributed by atoms with Crippen molar-refractivity contribution in [2.75, 3.05) is 18.6 Å². The summed E-state index contributed by atoms with van der Waals surface area (Å²) in [5, 5.41) is 11.5. The number of benzene rings is 1. The van der Waals surface area contributed by atoms with Gasteiger partial charge in [0.15, 0.2) is 0 Å². The summed E-state index contributed by atoms with van der Waals surface area (Å²) in [6.07, 6.45) is 1.14. The smallest absolute Gasteiger partial charge is 0.148 e. The van der Waals surface area contributed by atoms with E-state index in [4.69, 9.17) is 5.26 Å². The first-order valence-corrected chi connectivity index (χ1v) is 7.06. The van der Waals surface area contributed by atoms with Crippen molar-refractivity contribution in [2.24, 2.45) is 0 Å². The second-order valence-electron chi connectivity index (χ2n) is 3.70. The number of sulfone groups is 1. The highest BCUT2D eigenvalue weighted by molar-refractivity contribution is 7.90. The topological polar surface area (TPSA) is 70.0 Å². The van der Waals surface area contributed by atoms with Crippen LogP contribution in [0.15, 0.2) is 18.2 Å². The van der Waals surface area contributed by atoms with Gasteiger partial charge in [0.2, 0.25) is 0 Å². The number of nitrogens with one attached hydrogen (secondary N) is 1. The van der Waals surface area contributed by atoms with Crippen LogP contribution in [-0.2, 0) is 16.4 Å². The predicted octanol–water partition coefficient (Wildman–Crippen LogP) is 0.832. The minimum atomic E-state index is -3.01. The van der Waals surface area contributed by atoms with Gasteiger partial charge in [-0.3, -0.25) is 0 Å². The van der Waals surface area contributed by atoms with E-state index >= 15 is 0 Å². The average Bonchev–Trinajstić information content (AvgIpc) is 2.25. The summed E-state index contributed by atoms with van der Waals surface area (Å²) in [7, 11) is -3.01. The molecule has 17 heavy (non-hydrogen) atoms. The number of hydrogen-bond donors (Lipinski definition) is 1. The lowest BCUT2D eigenvalue weighted by Gasteiger charge is -2.06. The minimum Gasteiger partial charge on any atom is -0.312 e. The molecule has 0 radical (unpaired) electrons. The standard InChI is InChI=1S/C11H13FN2O2S/c1-17(15,16)6-5-14-8-10-4-2-3-9(7-13)11(10)12/h2-4,14H,5-6,8H2,1H3. The van der Waals surface area contributed by atoms with Gasteiger partial charge in [-0.1, -0.05) is 12.1 Å². The zero-order valence-corrected chi connectivity index (χ0v) is 10.2. The van der Waals surface area contributed by atoms with Crippen LogP contribution in [-0.4, -0.2) is 27.0 Å². The van der Waals surface area contributed by atoms with E-state index in [1.165, 1.54) is 6.07 Å². The molecule has 1 rings (SSSR count). The average molecular weight is 256 g/mol. The first kappa shape index (κ1) is 13.6. The van der Waals surface area contributed by atoms with Gasteiger partial charge in [-0.15, -0.1) is 0 Å². The highest BCUT2D eigenvalue weighted by Gasteiger charge is 2.07. The molecule has 6 heteroatoms. The maximum absolute atomic E-state index is 13.6. The van der Waals surface area contributed by atoms with Gasteiger partial charge in [0.05, 0.1) is 11.3 Å². The van der Waals surface area contributed by atoms with Crippen molar-refractivity contribution < 1.29 is 12.8 Å². The SMILES string of the molecule is CS(=O)(=O)CCNCc1cccc(C#N)c1F. The van der Waals surface area contributed by atoms with Crippen LogP contribution >= 0.6 is 0 Å². The number of nitrogens with zero attached hydrogens (tertiary/aromatic N) is 1. The van der Waals surface area contributed by atoms with Gasteiger partial charge >= 0.3 is 0 Å². The van der Waals surface area contributed by atoms with Gasteiger partial charge in [0.25, 0.3) is 0 Å². The maximum atomic E-state index is 13.6. The molecule has 1 N–H and O–H groups in total. The highest BCUT2D eigenvalue weighted by Crippen LogP contribution is 2.11. The van der Waals surface area contributed by atoms with Crippen molar-refractivity contribution in [3.8, 4) is 6.07 Å². The van der Waals surface area contributed by atoms with E-state index in [1.807, 2.05) is 0 Å². The molecule has 0 amide bonds. The molecule has 0 aliphatic heterocycles. The largest absolute Gasteiger partial charge is 0.312 e. The maximum Gasteiger partial charge on any atom is 0.148 e. The van der Waals surface area contributed by atoms with Crippen molar-refractivity contribution in [3.05, 3.63) is 35.1 Å². The Hall–Kier alpha value is -1.45. The Morgan fingerprint density at radius 2 is 2.18 bits per heavy atom. The van der Waals surface area contributed by atoms with Crippen LogP contribution in [0.1, 0.15) is 11.1 Å². The summed E-state index contributed by atoms with van der Waals surface area (Å²) >= 11 is 0. The molecule has 0 fully saturated rings. The van der Waals surface area contributed by atoms with E-state index in [2.05, 4.69) is 5.32 Å². The second-order valence-corrected chi connectivity index (χ2v) is 5.96. The van der Waals surface area contributed by atoms with Crippen molar-refractivity contribution in [1.29, 1.82) is 5.26 Å². The predicted molar refractivity (Wildman–Crippen MR) is 62.5 cm³/mol. The Kier molecular flexibility index (Phi) is 4.61. The van der Waals surface area contributed by atoms with Gasteiger partial charge in [-0.05, 0) is 6.07 Å². The quantitative estimate of drug-likeness (QED) is 0.792. The number of nitriles is 1. The van der Waals surface area contributed by atoms with E-state index in [0.717, 1.165) is 6.26 Å². The summed E-state index contributed by atoms with van der Waals surface area (Å²) in [5.41, 5.74) is 0.352. The van der Waals surface area contributed by atoms with Crippen molar-refractivity contribution >= 4 is 9.84 Å². The highest BCUT2D eigenvalue weighted by atomic mass is 32.2. The summed E-state index contributed by atoms with van der Waals surface area (Å²) in [4.78, 5) is 0. The summed E-state index contributed by atoms with van der Waals surface area (Å²) in [5.74, 6) is -0.547. The summed E-state index contributed by atoms with van der Waals surface area (Å²) in [6.45, 7) is 0.464. The lowest BCUT2D eigenvalue weighted by molar-refractivity contribution is 0.583. The zero-order chi connectivity index (χ0) is 12.9. The molecule has 1 aromatic carbocycles. The van der Waals surface area contributed by atoms with Gasteiger partial charge in [0.1, 0.15) is 21.7 Å². The van der Waals surface area contributed by atoms with E-state index in [1.54, 1.807) is 18.2 Å². The van der Waals surface area contributed by atoms with Crippen LogP contribution in [0.5, 0.6) is 0 Å². The molecule has 92 valence electrons. The van der Waals surface area contributed by atoms with Crippen molar-refractivity contribution in [3.63, 3.8) is 0 Å². The fraction of sp³-hybridized carbons (Fsp3) is 0.364. The van der Waals surface area contributed by atoms with Gasteiger partial charge < -0.3 is 5.32 Å². The normalized spacial score (nSPS) is 11.1. The molecular weight excluding hydrogens is 243 g/mol. The third-order valence-electron chi connectivity index (χ3n) is 2.16. The molecule has 0 saturated heterocycles. The molecule has 0 atom stereocenters. The molecule has 1 aromatic rings. The monoisotopic (exact) mass is 256 g/mol. The fourth-order valence-electron chi connectivity index (χ4n) is 1.28. The molecule has 4 nitrogen and oxygen atoms in total. The Labute approximate surface area is 100.0 Å². The van der Waals surface area contributed by atoms with Gasteiger partial charge in [-0.2, -0.15) is 5.26 Å². The molecule has 0 spiro atoms. The second kappa shape index (κ2) is 5.75. The first-order chi connectivity index (χ1) is 7.94. The molecule has 0 aromatic heterocycles. The third kappa shape index (κ3) is 4.51. The van der Waals surface area contributed by atoms with Crippen LogP contribution in [0.25, 0.3) is 0 Å². The lowest BCUT2D eigenvalue weighted by atomic mass is 10.1. The molecule has 0 unspecified atom stereocenters. The number of halogens is 1. The van der Waals surface area contributed by atoms with Crippen molar-refractivity contribution in [2.45, 2.75) is 6.54 Å². The Bertz CT molecular complexity index is 535. The first-order valence-electron chi connectivity index (χ1n) is 5.00. The molecule has 0 saturated carbocycles. The van der Waals surface area contributed by atoms with Gasteiger partial charge in [0, 0.05) is 24.9 Å². The summed E-state index contributed by atoms with van der Waals surface area (Å²) in [6, 6.07) is 6.30. The van der Waals surface area contributed by atoms with Crippen LogP contribution in [0.2, 0.25) is 0 Å². The summed E-state index contributed by atoms with van der Waals surface area (Å²) < 4.78 is 35.3. The van der Waals surface area contributed by atoms with E-state index in [9.17, 15) is 12.8 Å². The molecule has 0 heterocycles. The van der Waals surface area contributed by atoms with Crippen LogP contribution in [0.3, 0.4) is 0 Å². The van der Waals surface area contributed by atoms with E-state index in [0.29, 0.717) is 5.56 Å². The van der Waals surface area contributed by atoms with E-state index in [-0.39, 0.29) is 24.4 Å². The molecular formula is C11H13FN2O2S. The fourth-order valence-corrected chi connectivity index (χ4v) is 1.80. The molecule has 0 aliphatic rings. The van der Waals surface area contributed by atoms with Crippen molar-refractivity contribution in [1.82, 2.24) is 5.32 Å². The Morgan fingerprint density at radius 3 is 2.76 bits per heavy atom. The van der Waals surface area contributed by atoms with E-state index < -0.39 is 15.7 Å². The van der Waals surface area contributed by atoms with Crippen LogP contribution in [0, 0.1) is 17.1 Å². The third-order valence-corrected chi connectivity index (χ3v) is 3.11. The number of hydrogen-bond acceptors (Lipinski definition) is 4. The zero-order valence-electron chi connectivity index (χ0n) is 9.40. The van der Waals surface area contributed by atoms with Crippen LogP contribution < -0.4 is 5.32 Å². The molecule has 0 bridgehead atoms. The molecule has 0 aliphatic carbocycles. The Balaban J connectivity index is 2.56. The van der Waals surface area contributed by atoms with Gasteiger partial charge in [-0.25, -0.2) is 12.8 Å².